The summed E-state index contributed by atoms with van der Waals surface area (Å²) in [6.45, 7) is 1.52. The monoisotopic (exact) mass is 440 g/mol. The summed E-state index contributed by atoms with van der Waals surface area (Å²) in [4.78, 5) is 26.4. The maximum Gasteiger partial charge on any atom is 0.343 e. The van der Waals surface area contributed by atoms with Crippen LogP contribution in [0.25, 0.3) is 0 Å². The third-order valence-electron chi connectivity index (χ3n) is 4.87. The van der Waals surface area contributed by atoms with E-state index in [1.165, 1.54) is 42.2 Å². The van der Waals surface area contributed by atoms with Crippen LogP contribution in [-0.2, 0) is 16.6 Å². The van der Waals surface area contributed by atoms with Gasteiger partial charge in [-0.05, 0) is 55.0 Å². The fourth-order valence-electron chi connectivity index (χ4n) is 3.34. The van der Waals surface area contributed by atoms with E-state index in [2.05, 4.69) is 0 Å². The zero-order chi connectivity index (χ0) is 21.5. The molecule has 0 atom stereocenters. The molecular weight excluding hydrogens is 424 g/mol. The topological polar surface area (TPSA) is 74.8 Å². The molecule has 0 unspecified atom stereocenters. The van der Waals surface area contributed by atoms with E-state index in [9.17, 15) is 18.0 Å². The summed E-state index contributed by atoms with van der Waals surface area (Å²) in [5.41, 5.74) is 1.56. The molecule has 1 aliphatic rings. The van der Waals surface area contributed by atoms with E-state index in [0.717, 1.165) is 4.31 Å². The normalized spacial score (nSPS) is 15.1. The molecule has 6 nitrogen and oxygen atoms in total. The van der Waals surface area contributed by atoms with Gasteiger partial charge in [0.05, 0.1) is 17.9 Å². The Morgan fingerprint density at radius 2 is 1.57 bits per heavy atom. The second-order valence-electron chi connectivity index (χ2n) is 6.80. The number of sulfonamides is 1. The lowest BCUT2D eigenvalue weighted by Gasteiger charge is -2.36. The Labute approximate surface area is 179 Å². The second kappa shape index (κ2) is 7.59. The van der Waals surface area contributed by atoms with Crippen molar-refractivity contribution in [3.05, 3.63) is 88.9 Å². The Kier molecular flexibility index (Phi) is 5.09. The zero-order valence-corrected chi connectivity index (χ0v) is 17.5. The van der Waals surface area contributed by atoms with Crippen molar-refractivity contribution in [3.63, 3.8) is 0 Å². The molecular formula is C22H17ClN2O4S. The van der Waals surface area contributed by atoms with Crippen molar-refractivity contribution in [2.24, 2.45) is 0 Å². The van der Waals surface area contributed by atoms with Crippen LogP contribution < -0.4 is 9.21 Å². The largest absolute Gasteiger partial charge is 0.343 e. The smallest absolute Gasteiger partial charge is 0.295 e. The second-order valence-corrected chi connectivity index (χ2v) is 8.96. The van der Waals surface area contributed by atoms with Crippen molar-refractivity contribution in [3.8, 4) is 0 Å². The summed E-state index contributed by atoms with van der Waals surface area (Å²) in [6, 6.07) is 18.6. The Morgan fingerprint density at radius 3 is 2.23 bits per heavy atom. The summed E-state index contributed by atoms with van der Waals surface area (Å²) in [5, 5.41) is 0.480. The predicted octanol–water partition coefficient (Wildman–Crippen LogP) is 4.88. The average molecular weight is 441 g/mol. The van der Waals surface area contributed by atoms with Crippen molar-refractivity contribution in [2.75, 3.05) is 9.21 Å². The molecule has 2 amide bonds. The van der Waals surface area contributed by atoms with Gasteiger partial charge in [0, 0.05) is 10.6 Å². The van der Waals surface area contributed by atoms with Gasteiger partial charge < -0.3 is 0 Å². The first-order valence-electron chi connectivity index (χ1n) is 9.11. The number of halogens is 1. The lowest BCUT2D eigenvalue weighted by Crippen LogP contribution is -2.50. The van der Waals surface area contributed by atoms with Crippen molar-refractivity contribution >= 4 is 44.8 Å². The molecule has 0 saturated carbocycles. The summed E-state index contributed by atoms with van der Waals surface area (Å²) < 4.78 is 27.3. The number of hydrogen-bond acceptors (Lipinski definition) is 4. The highest BCUT2D eigenvalue weighted by molar-refractivity contribution is 7.94. The van der Waals surface area contributed by atoms with Crippen molar-refractivity contribution in [1.82, 2.24) is 0 Å². The molecule has 3 aromatic rings. The van der Waals surface area contributed by atoms with Crippen LogP contribution >= 0.6 is 11.6 Å². The van der Waals surface area contributed by atoms with Gasteiger partial charge >= 0.3 is 6.03 Å². The first-order valence-corrected chi connectivity index (χ1v) is 10.9. The van der Waals surface area contributed by atoms with Crippen molar-refractivity contribution in [1.29, 1.82) is 0 Å². The highest BCUT2D eigenvalue weighted by Crippen LogP contribution is 2.38. The van der Waals surface area contributed by atoms with Crippen LogP contribution in [0.1, 0.15) is 22.8 Å². The molecule has 0 aromatic heterocycles. The summed E-state index contributed by atoms with van der Waals surface area (Å²) in [6.07, 6.45) is 0. The molecule has 0 aliphatic carbocycles. The number of carbonyl (C=O) groups excluding carboxylic acids is 2. The van der Waals surface area contributed by atoms with Gasteiger partial charge in [-0.2, -0.15) is 4.31 Å². The van der Waals surface area contributed by atoms with Crippen LogP contribution in [0.2, 0.25) is 5.02 Å². The Morgan fingerprint density at radius 1 is 0.933 bits per heavy atom. The van der Waals surface area contributed by atoms with Gasteiger partial charge in [0.25, 0.3) is 10.0 Å². The molecule has 0 spiro atoms. The first kappa shape index (κ1) is 20.1. The fourth-order valence-corrected chi connectivity index (χ4v) is 5.13. The van der Waals surface area contributed by atoms with Gasteiger partial charge in [-0.1, -0.05) is 41.9 Å². The van der Waals surface area contributed by atoms with E-state index in [0.29, 0.717) is 21.8 Å². The van der Waals surface area contributed by atoms with E-state index in [-0.39, 0.29) is 22.9 Å². The number of nitrogens with zero attached hydrogens (tertiary/aromatic N) is 2. The number of para-hydroxylation sites is 1. The van der Waals surface area contributed by atoms with Gasteiger partial charge in [-0.3, -0.25) is 9.69 Å². The van der Waals surface area contributed by atoms with E-state index in [1.54, 1.807) is 42.5 Å². The molecule has 1 aliphatic heterocycles. The molecule has 8 heteroatoms. The van der Waals surface area contributed by atoms with Crippen LogP contribution in [-0.4, -0.2) is 20.2 Å². The number of carbonyl (C=O) groups is 2. The average Bonchev–Trinajstić information content (AvgIpc) is 2.73. The Bertz CT molecular complexity index is 1260. The number of amides is 2. The summed E-state index contributed by atoms with van der Waals surface area (Å²) in [7, 11) is -4.13. The lowest BCUT2D eigenvalue weighted by atomic mass is 10.1. The molecule has 4 rings (SSSR count). The van der Waals surface area contributed by atoms with E-state index >= 15 is 0 Å². The van der Waals surface area contributed by atoms with Crippen LogP contribution in [0.5, 0.6) is 0 Å². The molecule has 1 heterocycles. The third-order valence-corrected chi connectivity index (χ3v) is 6.99. The minimum Gasteiger partial charge on any atom is -0.295 e. The summed E-state index contributed by atoms with van der Waals surface area (Å²) in [5.74, 6) is -0.153. The van der Waals surface area contributed by atoms with Crippen LogP contribution in [0.15, 0.2) is 77.7 Å². The van der Waals surface area contributed by atoms with Gasteiger partial charge in [-0.15, -0.1) is 0 Å². The number of hydrogen-bond donors (Lipinski definition) is 0. The number of Topliss-reactive ketones (excluding diaryl/α,β-unsaturated/α-hetero) is 1. The highest BCUT2D eigenvalue weighted by Gasteiger charge is 2.42. The standard InChI is InChI=1S/C22H17ClN2O4S/c1-15(26)16-10-12-18(13-11-16)25-22(27)24(14-17-6-2-3-7-19(17)23)20-8-4-5-9-21(20)30(25,28)29/h2-13H,14H2,1H3. The van der Waals surface area contributed by atoms with Gasteiger partial charge in [0.15, 0.2) is 5.78 Å². The summed E-state index contributed by atoms with van der Waals surface area (Å²) >= 11 is 6.27. The Balaban J connectivity index is 1.85. The van der Waals surface area contributed by atoms with Gasteiger partial charge in [0.2, 0.25) is 0 Å². The number of urea groups is 1. The molecule has 30 heavy (non-hydrogen) atoms. The number of ketones is 1. The van der Waals surface area contributed by atoms with E-state index < -0.39 is 16.1 Å². The molecule has 0 bridgehead atoms. The van der Waals surface area contributed by atoms with Gasteiger partial charge in [0.1, 0.15) is 4.90 Å². The number of fused-ring (bicyclic) bond motifs is 1. The van der Waals surface area contributed by atoms with E-state index in [4.69, 9.17) is 11.6 Å². The molecule has 0 fully saturated rings. The molecule has 0 N–H and O–H groups in total. The number of benzene rings is 3. The Hall–Kier alpha value is -3.16. The minimum atomic E-state index is -4.13. The molecule has 152 valence electrons. The lowest BCUT2D eigenvalue weighted by molar-refractivity contribution is 0.101. The van der Waals surface area contributed by atoms with Crippen LogP contribution in [0, 0.1) is 0 Å². The van der Waals surface area contributed by atoms with Crippen molar-refractivity contribution in [2.45, 2.75) is 18.4 Å². The van der Waals surface area contributed by atoms with E-state index in [1.807, 2.05) is 0 Å². The minimum absolute atomic E-state index is 0.0206. The highest BCUT2D eigenvalue weighted by atomic mass is 35.5. The zero-order valence-electron chi connectivity index (χ0n) is 15.9. The fraction of sp³-hybridized carbons (Fsp3) is 0.0909. The third kappa shape index (κ3) is 3.36. The SMILES string of the molecule is CC(=O)c1ccc(N2C(=O)N(Cc3ccccc3Cl)c3ccccc3S2(=O)=O)cc1. The van der Waals surface area contributed by atoms with Crippen LogP contribution in [0.3, 0.4) is 0 Å². The maximum absolute atomic E-state index is 13.4. The molecule has 0 radical (unpaired) electrons. The quantitative estimate of drug-likeness (QED) is 0.542. The number of rotatable bonds is 4. The molecule has 0 saturated heterocycles. The number of anilines is 2. The predicted molar refractivity (Wildman–Crippen MR) is 116 cm³/mol. The maximum atomic E-state index is 13.4. The van der Waals surface area contributed by atoms with Crippen molar-refractivity contribution < 1.29 is 18.0 Å². The van der Waals surface area contributed by atoms with Crippen LogP contribution in [0.4, 0.5) is 16.2 Å². The first-order chi connectivity index (χ1) is 14.3. The van der Waals surface area contributed by atoms with Gasteiger partial charge in [-0.25, -0.2) is 13.2 Å². The molecule has 3 aromatic carbocycles.